The van der Waals surface area contributed by atoms with Gasteiger partial charge in [0.25, 0.3) is 0 Å². The van der Waals surface area contributed by atoms with Crippen molar-refractivity contribution in [2.45, 2.75) is 83.6 Å². The largest absolute Gasteiger partial charge is 0.399 e. The Morgan fingerprint density at radius 1 is 1.10 bits per heavy atom. The number of allylic oxidation sites excluding steroid dienone is 2. The highest BCUT2D eigenvalue weighted by molar-refractivity contribution is 9.12. The first-order valence-electron chi connectivity index (χ1n) is 14.6. The molecule has 2 aromatic rings. The maximum atomic E-state index is 13.5. The Hall–Kier alpha value is -2.18. The van der Waals surface area contributed by atoms with E-state index in [1.165, 1.54) is 26.7 Å². The highest BCUT2D eigenvalue weighted by atomic mass is 79.9. The smallest absolute Gasteiger partial charge is 0.136 e. The van der Waals surface area contributed by atoms with E-state index < -0.39 is 0 Å². The van der Waals surface area contributed by atoms with Gasteiger partial charge in [0, 0.05) is 39.8 Å². The third-order valence-corrected chi connectivity index (χ3v) is 10.4. The number of hydrogen-bond donors (Lipinski definition) is 1. The molecule has 0 radical (unpaired) electrons. The zero-order valence-electron chi connectivity index (χ0n) is 23.8. The van der Waals surface area contributed by atoms with Crippen molar-refractivity contribution in [3.63, 3.8) is 0 Å². The first-order valence-corrected chi connectivity index (χ1v) is 16.2. The van der Waals surface area contributed by atoms with Crippen molar-refractivity contribution >= 4 is 43.4 Å². The lowest BCUT2D eigenvalue weighted by molar-refractivity contribution is -0.123. The number of oxime groups is 1. The van der Waals surface area contributed by atoms with E-state index in [0.717, 1.165) is 60.7 Å². The number of hydrogen-bond acceptors (Lipinski definition) is 4. The van der Waals surface area contributed by atoms with Gasteiger partial charge in [-0.25, -0.2) is 0 Å². The molecule has 0 aromatic heterocycles. The van der Waals surface area contributed by atoms with Crippen LogP contribution in [0.1, 0.15) is 86.5 Å². The molecule has 0 bridgehead atoms. The Morgan fingerprint density at radius 2 is 1.90 bits per heavy atom. The molecule has 6 heteroatoms. The minimum absolute atomic E-state index is 0.0764. The molecule has 1 N–H and O–H groups in total. The van der Waals surface area contributed by atoms with Crippen LogP contribution >= 0.6 is 31.9 Å². The number of ketones is 1. The molecule has 0 spiro atoms. The number of rotatable bonds is 7. The normalized spacial score (nSPS) is 26.7. The summed E-state index contributed by atoms with van der Waals surface area (Å²) in [7, 11) is 1.57. The minimum atomic E-state index is 0.0764. The molecule has 5 rings (SSSR count). The van der Waals surface area contributed by atoms with E-state index >= 15 is 0 Å². The van der Waals surface area contributed by atoms with Crippen molar-refractivity contribution in [3.8, 4) is 0 Å². The zero-order chi connectivity index (χ0) is 28.3. The van der Waals surface area contributed by atoms with Gasteiger partial charge < -0.3 is 10.2 Å². The van der Waals surface area contributed by atoms with Crippen LogP contribution in [0.5, 0.6) is 0 Å². The van der Waals surface area contributed by atoms with Crippen molar-refractivity contribution < 1.29 is 9.63 Å². The second kappa shape index (κ2) is 12.8. The number of halogens is 2. The molecule has 1 aliphatic heterocycles. The fourth-order valence-corrected chi connectivity index (χ4v) is 8.58. The lowest BCUT2D eigenvalue weighted by Gasteiger charge is -2.44. The molecule has 212 valence electrons. The Labute approximate surface area is 256 Å². The monoisotopic (exact) mass is 666 g/mol. The Balaban J connectivity index is 1.36. The summed E-state index contributed by atoms with van der Waals surface area (Å²) in [4.78, 5) is 18.7. The highest BCUT2D eigenvalue weighted by Gasteiger charge is 2.46. The summed E-state index contributed by atoms with van der Waals surface area (Å²) in [6, 6.07) is 15.0. The number of benzene rings is 2. The average Bonchev–Trinajstić information content (AvgIpc) is 3.24. The Bertz CT molecular complexity index is 1330. The van der Waals surface area contributed by atoms with Gasteiger partial charge in [-0.1, -0.05) is 70.8 Å². The van der Waals surface area contributed by atoms with Crippen LogP contribution in [-0.2, 0) is 16.1 Å². The minimum Gasteiger partial charge on any atom is -0.399 e. The van der Waals surface area contributed by atoms with Crippen molar-refractivity contribution in [1.29, 1.82) is 0 Å². The third kappa shape index (κ3) is 6.33. The SMILES string of the molecule is CO/N=C(\CCC(=O)C1CCCC(C)([C@@H]2c3c(Br)cc(C)cc3CCC3=CC(Br)=CNC32)CC1)c1ccccc1. The number of dihydropyridines is 1. The lowest BCUT2D eigenvalue weighted by atomic mass is 9.64. The van der Waals surface area contributed by atoms with Gasteiger partial charge in [-0.2, -0.15) is 0 Å². The molecule has 2 aromatic carbocycles. The topological polar surface area (TPSA) is 50.7 Å². The number of fused-ring (bicyclic) bond motifs is 2. The van der Waals surface area contributed by atoms with Crippen LogP contribution in [0.15, 0.2) is 74.4 Å². The van der Waals surface area contributed by atoms with E-state index in [-0.39, 0.29) is 17.4 Å². The number of nitrogens with zero attached hydrogens (tertiary/aromatic N) is 1. The molecular weight excluding hydrogens is 628 g/mol. The molecule has 0 saturated heterocycles. The number of Topliss-reactive ketones (excluding diaryl/α,β-unsaturated/α-hetero) is 1. The van der Waals surface area contributed by atoms with Crippen LogP contribution in [-0.4, -0.2) is 24.6 Å². The van der Waals surface area contributed by atoms with E-state index in [9.17, 15) is 4.79 Å². The van der Waals surface area contributed by atoms with Crippen molar-refractivity contribution in [2.24, 2.45) is 16.5 Å². The van der Waals surface area contributed by atoms with Gasteiger partial charge in [-0.3, -0.25) is 4.79 Å². The summed E-state index contributed by atoms with van der Waals surface area (Å²) in [5, 5.41) is 8.03. The van der Waals surface area contributed by atoms with E-state index in [4.69, 9.17) is 4.84 Å². The van der Waals surface area contributed by atoms with Crippen LogP contribution < -0.4 is 5.32 Å². The van der Waals surface area contributed by atoms with E-state index in [2.05, 4.69) is 80.6 Å². The van der Waals surface area contributed by atoms with Gasteiger partial charge in [0.1, 0.15) is 12.9 Å². The standard InChI is InChI=1S/C34H40Br2N2O2/c1-22-18-25-11-12-26-20-27(35)21-37-33(26)32(31(25)28(36)19-22)34(2)16-7-10-24(15-17-34)30(39)14-13-29(38-40-3)23-8-5-4-6-9-23/h4-6,8-9,18-21,24,32-33,37H,7,10-17H2,1-3H3/b38-29+/t24?,32-,33?,34?/m1/s1. The molecule has 40 heavy (non-hydrogen) atoms. The highest BCUT2D eigenvalue weighted by Crippen LogP contribution is 2.54. The second-order valence-electron chi connectivity index (χ2n) is 12.0. The summed E-state index contributed by atoms with van der Waals surface area (Å²) in [6.45, 7) is 4.68. The first-order chi connectivity index (χ1) is 19.3. The molecule has 1 fully saturated rings. The Kier molecular flexibility index (Phi) is 9.36. The quantitative estimate of drug-likeness (QED) is 0.182. The molecule has 2 aliphatic carbocycles. The molecule has 4 nitrogen and oxygen atoms in total. The zero-order valence-corrected chi connectivity index (χ0v) is 27.0. The number of carbonyl (C=O) groups excluding carboxylic acids is 1. The fourth-order valence-electron chi connectivity index (χ4n) is 7.29. The van der Waals surface area contributed by atoms with Crippen LogP contribution in [0.2, 0.25) is 0 Å². The van der Waals surface area contributed by atoms with Crippen LogP contribution in [0.25, 0.3) is 0 Å². The molecular formula is C34H40Br2N2O2. The van der Waals surface area contributed by atoms with Gasteiger partial charge in [0.15, 0.2) is 0 Å². The molecule has 4 atom stereocenters. The average molecular weight is 669 g/mol. The summed E-state index contributed by atoms with van der Waals surface area (Å²) in [6.07, 6.45) is 12.8. The molecule has 3 aliphatic rings. The number of nitrogens with one attached hydrogen (secondary N) is 1. The fraction of sp³-hybridized carbons (Fsp3) is 0.471. The summed E-state index contributed by atoms with van der Waals surface area (Å²) >= 11 is 7.71. The lowest BCUT2D eigenvalue weighted by Crippen LogP contribution is -2.43. The summed E-state index contributed by atoms with van der Waals surface area (Å²) in [5.74, 6) is 0.803. The van der Waals surface area contributed by atoms with Crippen LogP contribution in [0.4, 0.5) is 0 Å². The van der Waals surface area contributed by atoms with Gasteiger partial charge in [-0.15, -0.1) is 0 Å². The molecule has 1 saturated carbocycles. The van der Waals surface area contributed by atoms with Gasteiger partial charge in [0.05, 0.1) is 11.8 Å². The van der Waals surface area contributed by atoms with Crippen LogP contribution in [0.3, 0.4) is 0 Å². The van der Waals surface area contributed by atoms with E-state index in [0.29, 0.717) is 24.5 Å². The van der Waals surface area contributed by atoms with E-state index in [1.807, 2.05) is 30.3 Å². The predicted molar refractivity (Wildman–Crippen MR) is 171 cm³/mol. The van der Waals surface area contributed by atoms with Crippen LogP contribution in [0, 0.1) is 18.3 Å². The molecule has 0 amide bonds. The molecule has 1 heterocycles. The maximum absolute atomic E-state index is 13.5. The van der Waals surface area contributed by atoms with Crippen molar-refractivity contribution in [1.82, 2.24) is 5.32 Å². The third-order valence-electron chi connectivity index (χ3n) is 9.30. The van der Waals surface area contributed by atoms with Gasteiger partial charge in [0.2, 0.25) is 0 Å². The summed E-state index contributed by atoms with van der Waals surface area (Å²) < 4.78 is 2.34. The van der Waals surface area contributed by atoms with Gasteiger partial charge in [-0.05, 0) is 107 Å². The maximum Gasteiger partial charge on any atom is 0.136 e. The van der Waals surface area contributed by atoms with Gasteiger partial charge >= 0.3 is 0 Å². The first kappa shape index (κ1) is 29.3. The van der Waals surface area contributed by atoms with E-state index in [1.54, 1.807) is 7.11 Å². The second-order valence-corrected chi connectivity index (χ2v) is 13.8. The van der Waals surface area contributed by atoms with Crippen molar-refractivity contribution in [2.75, 3.05) is 7.11 Å². The summed E-state index contributed by atoms with van der Waals surface area (Å²) in [5.41, 5.74) is 7.65. The number of aryl methyl sites for hydroxylation is 2. The predicted octanol–water partition coefficient (Wildman–Crippen LogP) is 8.91. The Morgan fingerprint density at radius 3 is 2.67 bits per heavy atom. The van der Waals surface area contributed by atoms with Crippen molar-refractivity contribution in [3.05, 3.63) is 91.5 Å². The molecule has 3 unspecified atom stereocenters. The number of carbonyl (C=O) groups is 1.